The molecular formula is C26H21Cl2NS. The number of aliphatic imine (C=N–C) groups is 1. The largest absolute Gasteiger partial charge is 0.192 e. The number of thiocarbonyl (C=S) groups is 1. The highest BCUT2D eigenvalue weighted by Crippen LogP contribution is 2.37. The number of halogens is 2. The van der Waals surface area contributed by atoms with E-state index in [1.165, 1.54) is 12.0 Å². The quantitative estimate of drug-likeness (QED) is 0.216. The smallest absolute Gasteiger partial charge is 0.111 e. The van der Waals surface area contributed by atoms with Crippen LogP contribution in [0, 0.1) is 17.8 Å². The predicted molar refractivity (Wildman–Crippen MR) is 132 cm³/mol. The zero-order valence-corrected chi connectivity index (χ0v) is 19.2. The van der Waals surface area contributed by atoms with Crippen molar-refractivity contribution >= 4 is 46.3 Å². The SMILES string of the molecule is CCC(C)Cc1ccc(C#Cc2ccc(-c3cc(Cl)c(N=C=S)c(Cl)c3)cc2)cc1. The molecule has 0 aromatic heterocycles. The topological polar surface area (TPSA) is 12.4 Å². The third-order valence-corrected chi connectivity index (χ3v) is 5.65. The van der Waals surface area contributed by atoms with Gasteiger partial charge in [0.25, 0.3) is 0 Å². The molecule has 0 aliphatic rings. The Labute approximate surface area is 193 Å². The van der Waals surface area contributed by atoms with E-state index < -0.39 is 0 Å². The Morgan fingerprint density at radius 2 is 1.40 bits per heavy atom. The minimum Gasteiger partial charge on any atom is -0.192 e. The van der Waals surface area contributed by atoms with Crippen molar-refractivity contribution in [1.82, 2.24) is 0 Å². The summed E-state index contributed by atoms with van der Waals surface area (Å²) < 4.78 is 0. The van der Waals surface area contributed by atoms with Crippen molar-refractivity contribution in [3.05, 3.63) is 87.4 Å². The molecule has 4 heteroatoms. The second-order valence-electron chi connectivity index (χ2n) is 7.23. The standard InChI is InChI=1S/C26H21Cl2NS/c1-3-18(2)14-21-8-6-19(7-9-21)4-5-20-10-12-22(13-11-20)23-15-24(27)26(29-17-30)25(28)16-23/h6-13,15-16,18H,3,14H2,1-2H3. The van der Waals surface area contributed by atoms with Crippen LogP contribution in [-0.4, -0.2) is 5.16 Å². The molecule has 0 saturated carbocycles. The molecule has 1 atom stereocenters. The highest BCUT2D eigenvalue weighted by atomic mass is 35.5. The molecule has 3 aromatic rings. The maximum absolute atomic E-state index is 6.27. The van der Waals surface area contributed by atoms with Gasteiger partial charge in [-0.3, -0.25) is 0 Å². The summed E-state index contributed by atoms with van der Waals surface area (Å²) >= 11 is 17.2. The molecule has 0 amide bonds. The first-order valence-electron chi connectivity index (χ1n) is 9.78. The Morgan fingerprint density at radius 3 is 1.90 bits per heavy atom. The number of rotatable bonds is 5. The molecule has 3 rings (SSSR count). The van der Waals surface area contributed by atoms with Gasteiger partial charge in [-0.05, 0) is 77.6 Å². The first-order valence-corrected chi connectivity index (χ1v) is 10.9. The number of hydrogen-bond donors (Lipinski definition) is 0. The van der Waals surface area contributed by atoms with Crippen LogP contribution in [0.25, 0.3) is 11.1 Å². The van der Waals surface area contributed by atoms with Crippen molar-refractivity contribution in [2.24, 2.45) is 10.9 Å². The lowest BCUT2D eigenvalue weighted by Crippen LogP contribution is -1.97. The van der Waals surface area contributed by atoms with Crippen molar-refractivity contribution in [3.63, 3.8) is 0 Å². The Hall–Kier alpha value is -2.40. The van der Waals surface area contributed by atoms with Gasteiger partial charge < -0.3 is 0 Å². The summed E-state index contributed by atoms with van der Waals surface area (Å²) in [5.74, 6) is 7.16. The zero-order chi connectivity index (χ0) is 21.5. The van der Waals surface area contributed by atoms with E-state index in [1.807, 2.05) is 36.4 Å². The fraction of sp³-hybridized carbons (Fsp3) is 0.192. The molecular weight excluding hydrogens is 429 g/mol. The van der Waals surface area contributed by atoms with E-state index in [4.69, 9.17) is 23.2 Å². The molecule has 30 heavy (non-hydrogen) atoms. The van der Waals surface area contributed by atoms with E-state index >= 15 is 0 Å². The van der Waals surface area contributed by atoms with Crippen molar-refractivity contribution in [2.45, 2.75) is 26.7 Å². The number of isothiocyanates is 1. The Kier molecular flexibility index (Phi) is 7.86. The monoisotopic (exact) mass is 449 g/mol. The molecule has 1 unspecified atom stereocenters. The predicted octanol–water partition coefficient (Wildman–Crippen LogP) is 8.38. The fourth-order valence-corrected chi connectivity index (χ4v) is 3.71. The van der Waals surface area contributed by atoms with Crippen LogP contribution in [0.1, 0.15) is 37.0 Å². The van der Waals surface area contributed by atoms with E-state index in [1.54, 1.807) is 0 Å². The Bertz CT molecular complexity index is 1110. The Morgan fingerprint density at radius 1 is 0.867 bits per heavy atom. The fourth-order valence-electron chi connectivity index (χ4n) is 3.05. The van der Waals surface area contributed by atoms with Gasteiger partial charge in [0.15, 0.2) is 0 Å². The van der Waals surface area contributed by atoms with E-state index in [-0.39, 0.29) is 0 Å². The van der Waals surface area contributed by atoms with Gasteiger partial charge in [0, 0.05) is 11.1 Å². The van der Waals surface area contributed by atoms with Crippen molar-refractivity contribution in [2.75, 3.05) is 0 Å². The molecule has 3 aromatic carbocycles. The van der Waals surface area contributed by atoms with Crippen LogP contribution in [-0.2, 0) is 6.42 Å². The first kappa shape index (κ1) is 22.3. The first-order chi connectivity index (χ1) is 14.5. The average molecular weight is 450 g/mol. The van der Waals surface area contributed by atoms with Gasteiger partial charge >= 0.3 is 0 Å². The van der Waals surface area contributed by atoms with Crippen molar-refractivity contribution in [3.8, 4) is 23.0 Å². The third kappa shape index (κ3) is 5.82. The summed E-state index contributed by atoms with van der Waals surface area (Å²) in [5.41, 5.74) is 5.66. The van der Waals surface area contributed by atoms with Crippen LogP contribution >= 0.6 is 35.4 Å². The lowest BCUT2D eigenvalue weighted by Gasteiger charge is -2.07. The zero-order valence-electron chi connectivity index (χ0n) is 16.9. The summed E-state index contributed by atoms with van der Waals surface area (Å²) in [7, 11) is 0. The van der Waals surface area contributed by atoms with E-state index in [2.05, 4.69) is 72.3 Å². The summed E-state index contributed by atoms with van der Waals surface area (Å²) in [6, 6.07) is 20.2. The van der Waals surface area contributed by atoms with E-state index in [9.17, 15) is 0 Å². The molecule has 0 fully saturated rings. The van der Waals surface area contributed by atoms with E-state index in [0.717, 1.165) is 28.7 Å². The minimum atomic E-state index is 0.440. The van der Waals surface area contributed by atoms with Crippen LogP contribution in [0.4, 0.5) is 5.69 Å². The highest BCUT2D eigenvalue weighted by Gasteiger charge is 2.09. The van der Waals surface area contributed by atoms with Gasteiger partial charge in [0.2, 0.25) is 0 Å². The molecule has 0 aliphatic heterocycles. The lowest BCUT2D eigenvalue weighted by molar-refractivity contribution is 0.560. The van der Waals surface area contributed by atoms with Gasteiger partial charge in [-0.15, -0.1) is 0 Å². The molecule has 0 radical (unpaired) electrons. The van der Waals surface area contributed by atoms with Crippen LogP contribution < -0.4 is 0 Å². The molecule has 0 N–H and O–H groups in total. The van der Waals surface area contributed by atoms with Crippen molar-refractivity contribution < 1.29 is 0 Å². The molecule has 0 saturated heterocycles. The molecule has 150 valence electrons. The molecule has 0 spiro atoms. The summed E-state index contributed by atoms with van der Waals surface area (Å²) in [6.45, 7) is 4.51. The van der Waals surface area contributed by atoms with Gasteiger partial charge in [0.1, 0.15) is 5.69 Å². The maximum Gasteiger partial charge on any atom is 0.111 e. The second kappa shape index (κ2) is 10.6. The summed E-state index contributed by atoms with van der Waals surface area (Å²) in [5, 5.41) is 3.18. The van der Waals surface area contributed by atoms with Crippen LogP contribution in [0.5, 0.6) is 0 Å². The highest BCUT2D eigenvalue weighted by molar-refractivity contribution is 7.78. The summed E-state index contributed by atoms with van der Waals surface area (Å²) in [4.78, 5) is 3.91. The molecule has 0 aliphatic carbocycles. The third-order valence-electron chi connectivity index (χ3n) is 4.98. The van der Waals surface area contributed by atoms with Crippen LogP contribution in [0.3, 0.4) is 0 Å². The molecule has 0 bridgehead atoms. The Balaban J connectivity index is 1.75. The van der Waals surface area contributed by atoms with Gasteiger partial charge in [-0.1, -0.05) is 79.6 Å². The van der Waals surface area contributed by atoms with E-state index in [0.29, 0.717) is 21.7 Å². The number of nitrogens with zero attached hydrogens (tertiary/aromatic N) is 1. The minimum absolute atomic E-state index is 0.440. The van der Waals surface area contributed by atoms with Gasteiger partial charge in [-0.25, -0.2) is 0 Å². The van der Waals surface area contributed by atoms with Gasteiger partial charge in [-0.2, -0.15) is 4.99 Å². The number of hydrogen-bond acceptors (Lipinski definition) is 2. The summed E-state index contributed by atoms with van der Waals surface area (Å²) in [6.07, 6.45) is 2.31. The average Bonchev–Trinajstić information content (AvgIpc) is 2.76. The van der Waals surface area contributed by atoms with Crippen LogP contribution in [0.15, 0.2) is 65.7 Å². The molecule has 0 heterocycles. The second-order valence-corrected chi connectivity index (χ2v) is 8.23. The normalized spacial score (nSPS) is 11.2. The maximum atomic E-state index is 6.27. The van der Waals surface area contributed by atoms with Crippen molar-refractivity contribution in [1.29, 1.82) is 0 Å². The molecule has 1 nitrogen and oxygen atoms in total. The number of benzene rings is 3. The van der Waals surface area contributed by atoms with Gasteiger partial charge in [0.05, 0.1) is 15.2 Å². The lowest BCUT2D eigenvalue weighted by atomic mass is 9.98. The van der Waals surface area contributed by atoms with Crippen LogP contribution in [0.2, 0.25) is 10.0 Å².